The second-order valence-electron chi connectivity index (χ2n) is 6.01. The van der Waals surface area contributed by atoms with E-state index in [4.69, 9.17) is 11.6 Å². The van der Waals surface area contributed by atoms with Gasteiger partial charge in [0.05, 0.1) is 32.0 Å². The first-order valence-corrected chi connectivity index (χ1v) is 9.33. The Hall–Kier alpha value is -1.36. The van der Waals surface area contributed by atoms with Crippen LogP contribution in [0.5, 0.6) is 0 Å². The molecule has 2 aromatic carbocycles. The van der Waals surface area contributed by atoms with E-state index >= 15 is 0 Å². The summed E-state index contributed by atoms with van der Waals surface area (Å²) in [6, 6.07) is 13.6. The molecule has 1 aliphatic heterocycles. The van der Waals surface area contributed by atoms with E-state index in [-0.39, 0.29) is 0 Å². The summed E-state index contributed by atoms with van der Waals surface area (Å²) >= 11 is 6.19. The van der Waals surface area contributed by atoms with Crippen LogP contribution in [-0.4, -0.2) is 36.3 Å². The number of fused-ring (bicyclic) bond motifs is 2. The van der Waals surface area contributed by atoms with Gasteiger partial charge in [-0.15, -0.1) is 0 Å². The predicted octanol–water partition coefficient (Wildman–Crippen LogP) is 4.30. The van der Waals surface area contributed by atoms with Crippen molar-refractivity contribution in [2.24, 2.45) is 0 Å². The van der Waals surface area contributed by atoms with Gasteiger partial charge in [-0.3, -0.25) is 0 Å². The van der Waals surface area contributed by atoms with Crippen LogP contribution in [0, 0.1) is 0 Å². The van der Waals surface area contributed by atoms with E-state index in [1.54, 1.807) is 0 Å². The zero-order chi connectivity index (χ0) is 16.4. The highest BCUT2D eigenvalue weighted by atomic mass is 35.5. The summed E-state index contributed by atoms with van der Waals surface area (Å²) in [6.45, 7) is 1.97. The van der Waals surface area contributed by atoms with Crippen molar-refractivity contribution in [1.29, 1.82) is 0 Å². The molecule has 0 spiro atoms. The summed E-state index contributed by atoms with van der Waals surface area (Å²) in [7, 11) is 3.04. The third kappa shape index (κ3) is 3.44. The fraction of sp³-hybridized carbons (Fsp3) is 0.333. The third-order valence-corrected chi connectivity index (χ3v) is 5.73. The van der Waals surface area contributed by atoms with Gasteiger partial charge in [-0.05, 0) is 63.8 Å². The van der Waals surface area contributed by atoms with Crippen LogP contribution in [0.15, 0.2) is 52.3 Å². The molecule has 0 saturated carbocycles. The summed E-state index contributed by atoms with van der Waals surface area (Å²) in [6.07, 6.45) is 2.20. The maximum atomic E-state index is 12.8. The van der Waals surface area contributed by atoms with Crippen molar-refractivity contribution in [2.45, 2.75) is 22.6 Å². The highest BCUT2D eigenvalue weighted by Gasteiger charge is 2.27. The number of hydrogen-bond donors (Lipinski definition) is 0. The quantitative estimate of drug-likeness (QED) is 0.753. The summed E-state index contributed by atoms with van der Waals surface area (Å²) in [5, 5.41) is 0.679. The highest BCUT2D eigenvalue weighted by Crippen LogP contribution is 2.42. The lowest BCUT2D eigenvalue weighted by molar-refractivity contribution is 0.395. The van der Waals surface area contributed by atoms with Crippen molar-refractivity contribution in [3.63, 3.8) is 0 Å². The molecule has 2 aromatic rings. The van der Waals surface area contributed by atoms with Gasteiger partial charge in [-0.25, -0.2) is 4.21 Å². The first-order chi connectivity index (χ1) is 11.1. The van der Waals surface area contributed by atoms with Gasteiger partial charge in [0.25, 0.3) is 0 Å². The molecular formula is C18H21ClN2OS. The van der Waals surface area contributed by atoms with Crippen LogP contribution in [0.1, 0.15) is 12.8 Å². The summed E-state index contributed by atoms with van der Waals surface area (Å²) in [4.78, 5) is 6.19. The van der Waals surface area contributed by atoms with Gasteiger partial charge < -0.3 is 9.80 Å². The lowest BCUT2D eigenvalue weighted by Crippen LogP contribution is -2.25. The monoisotopic (exact) mass is 348 g/mol. The van der Waals surface area contributed by atoms with Crippen LogP contribution in [0.3, 0.4) is 0 Å². The van der Waals surface area contributed by atoms with Crippen molar-refractivity contribution in [2.75, 3.05) is 32.1 Å². The average Bonchev–Trinajstić information content (AvgIpc) is 2.53. The summed E-state index contributed by atoms with van der Waals surface area (Å²) < 4.78 is 12.8. The highest BCUT2D eigenvalue weighted by molar-refractivity contribution is 7.85. The van der Waals surface area contributed by atoms with E-state index in [2.05, 4.69) is 23.9 Å². The van der Waals surface area contributed by atoms with Crippen LogP contribution in [-0.2, 0) is 10.8 Å². The Labute approximate surface area is 145 Å². The minimum absolute atomic E-state index is 0.679. The Kier molecular flexibility index (Phi) is 5.05. The molecule has 0 saturated heterocycles. The maximum absolute atomic E-state index is 12.8. The molecule has 0 N–H and O–H groups in total. The van der Waals surface area contributed by atoms with E-state index in [1.165, 1.54) is 0 Å². The number of para-hydroxylation sites is 1. The van der Waals surface area contributed by atoms with Gasteiger partial charge in [0, 0.05) is 11.6 Å². The van der Waals surface area contributed by atoms with Crippen LogP contribution < -0.4 is 4.90 Å². The van der Waals surface area contributed by atoms with Crippen molar-refractivity contribution in [3.05, 3.63) is 47.5 Å². The molecule has 0 radical (unpaired) electrons. The Balaban J connectivity index is 1.93. The number of benzene rings is 2. The van der Waals surface area contributed by atoms with Crippen molar-refractivity contribution < 1.29 is 4.21 Å². The van der Waals surface area contributed by atoms with Crippen LogP contribution in [0.25, 0.3) is 0 Å². The van der Waals surface area contributed by atoms with Crippen LogP contribution >= 0.6 is 11.6 Å². The SMILES string of the molecule is CN(C)CCCCN1c2ccccc2S(=O)c2ccc(Cl)cc21. The molecule has 3 nitrogen and oxygen atoms in total. The molecule has 0 aromatic heterocycles. The number of rotatable bonds is 5. The van der Waals surface area contributed by atoms with Crippen LogP contribution in [0.4, 0.5) is 11.4 Å². The largest absolute Gasteiger partial charge is 0.339 e. The number of anilines is 2. The summed E-state index contributed by atoms with van der Waals surface area (Å²) in [5.74, 6) is 0. The number of hydrogen-bond acceptors (Lipinski definition) is 3. The predicted molar refractivity (Wildman–Crippen MR) is 97.4 cm³/mol. The zero-order valence-electron chi connectivity index (χ0n) is 13.5. The van der Waals surface area contributed by atoms with Gasteiger partial charge in [0.1, 0.15) is 0 Å². The van der Waals surface area contributed by atoms with E-state index in [0.717, 1.165) is 47.1 Å². The van der Waals surface area contributed by atoms with Gasteiger partial charge in [0.2, 0.25) is 0 Å². The average molecular weight is 349 g/mol. The number of nitrogens with zero attached hydrogens (tertiary/aromatic N) is 2. The van der Waals surface area contributed by atoms with E-state index in [0.29, 0.717) is 5.02 Å². The normalized spacial score (nSPS) is 16.3. The second kappa shape index (κ2) is 7.04. The zero-order valence-corrected chi connectivity index (χ0v) is 15.0. The minimum Gasteiger partial charge on any atom is -0.339 e. The molecule has 0 aliphatic carbocycles. The smallest absolute Gasteiger partial charge is 0.0892 e. The fourth-order valence-corrected chi connectivity index (χ4v) is 4.41. The molecular weight excluding hydrogens is 328 g/mol. The molecule has 5 heteroatoms. The van der Waals surface area contributed by atoms with Crippen molar-refractivity contribution >= 4 is 33.8 Å². The molecule has 1 aliphatic rings. The number of halogens is 1. The van der Waals surface area contributed by atoms with Crippen LogP contribution in [0.2, 0.25) is 5.02 Å². The maximum Gasteiger partial charge on any atom is 0.0892 e. The summed E-state index contributed by atoms with van der Waals surface area (Å²) in [5.41, 5.74) is 2.00. The topological polar surface area (TPSA) is 23.6 Å². The molecule has 1 heterocycles. The molecule has 23 heavy (non-hydrogen) atoms. The Morgan fingerprint density at radius 2 is 1.78 bits per heavy atom. The Morgan fingerprint density at radius 3 is 2.57 bits per heavy atom. The molecule has 1 unspecified atom stereocenters. The molecule has 3 rings (SSSR count). The van der Waals surface area contributed by atoms with E-state index in [1.807, 2.05) is 42.5 Å². The Morgan fingerprint density at radius 1 is 1.04 bits per heavy atom. The second-order valence-corrected chi connectivity index (χ2v) is 7.86. The van der Waals surface area contributed by atoms with E-state index < -0.39 is 10.8 Å². The van der Waals surface area contributed by atoms with E-state index in [9.17, 15) is 4.21 Å². The van der Waals surface area contributed by atoms with Gasteiger partial charge in [0.15, 0.2) is 0 Å². The minimum atomic E-state index is -1.14. The standard InChI is InChI=1S/C18H21ClN2OS/c1-20(2)11-5-6-12-21-15-7-3-4-8-17(15)23(22)18-10-9-14(19)13-16(18)21/h3-4,7-10,13H,5-6,11-12H2,1-2H3. The van der Waals surface area contributed by atoms with Gasteiger partial charge >= 0.3 is 0 Å². The molecule has 0 fully saturated rings. The molecule has 122 valence electrons. The number of unbranched alkanes of at least 4 members (excludes halogenated alkanes) is 1. The van der Waals surface area contributed by atoms with Crippen molar-refractivity contribution in [3.8, 4) is 0 Å². The fourth-order valence-electron chi connectivity index (χ4n) is 2.88. The van der Waals surface area contributed by atoms with Gasteiger partial charge in [-0.1, -0.05) is 23.7 Å². The molecule has 1 atom stereocenters. The Bertz CT molecular complexity index is 733. The first-order valence-electron chi connectivity index (χ1n) is 7.80. The molecule has 0 amide bonds. The molecule has 0 bridgehead atoms. The first kappa shape index (κ1) is 16.5. The third-order valence-electron chi connectivity index (χ3n) is 4.00. The van der Waals surface area contributed by atoms with Gasteiger partial charge in [-0.2, -0.15) is 0 Å². The lowest BCUT2D eigenvalue weighted by Gasteiger charge is -2.33. The van der Waals surface area contributed by atoms with Crippen molar-refractivity contribution in [1.82, 2.24) is 4.90 Å². The lowest BCUT2D eigenvalue weighted by atomic mass is 10.2.